The van der Waals surface area contributed by atoms with Crippen molar-refractivity contribution in [2.24, 2.45) is 0 Å². The van der Waals surface area contributed by atoms with E-state index in [2.05, 4.69) is 20.6 Å². The molecule has 0 radical (unpaired) electrons. The molecular weight excluding hydrogens is 434 g/mol. The molecule has 3 heterocycles. The van der Waals surface area contributed by atoms with Crippen molar-refractivity contribution in [3.63, 3.8) is 0 Å². The van der Waals surface area contributed by atoms with Crippen molar-refractivity contribution in [1.82, 2.24) is 15.3 Å². The third-order valence-electron chi connectivity index (χ3n) is 4.22. The van der Waals surface area contributed by atoms with Gasteiger partial charge in [0.05, 0.1) is 21.2 Å². The molecule has 2 N–H and O–H groups in total. The van der Waals surface area contributed by atoms with Crippen LogP contribution in [0.25, 0.3) is 32.6 Å². The number of halogens is 1. The molecule has 0 atom stereocenters. The number of carbonyl (C=O) groups excluding carboxylic acids is 2. The number of pyridine rings is 1. The molecule has 0 aliphatic carbocycles. The van der Waals surface area contributed by atoms with Crippen molar-refractivity contribution in [2.75, 3.05) is 11.9 Å². The number of aromatic nitrogens is 2. The van der Waals surface area contributed by atoms with E-state index in [1.165, 1.54) is 6.07 Å². The maximum Gasteiger partial charge on any atom is 1.00 e. The fraction of sp³-hybridized carbons (Fsp3) is 0.100. The number of thiophene rings is 1. The molecule has 31 heavy (non-hydrogen) atoms. The van der Waals surface area contributed by atoms with Crippen LogP contribution in [0.3, 0.4) is 0 Å². The minimum Gasteiger partial charge on any atom is -0.544 e. The van der Waals surface area contributed by atoms with Gasteiger partial charge in [0.15, 0.2) is 10.9 Å². The van der Waals surface area contributed by atoms with Crippen molar-refractivity contribution in [3.8, 4) is 22.4 Å². The number of aromatic carboxylic acids is 1. The first kappa shape index (κ1) is 22.9. The number of nitrogens with one attached hydrogen (secondary N) is 2. The van der Waals surface area contributed by atoms with Crippen LogP contribution in [0, 0.1) is 5.82 Å². The number of anilines is 1. The van der Waals surface area contributed by atoms with Crippen molar-refractivity contribution in [2.45, 2.75) is 6.92 Å². The fourth-order valence-electron chi connectivity index (χ4n) is 2.91. The second-order valence-electron chi connectivity index (χ2n) is 6.17. The van der Waals surface area contributed by atoms with Crippen molar-refractivity contribution in [3.05, 3.63) is 52.6 Å². The number of hydrogen-bond acceptors (Lipinski definition) is 7. The number of hydrogen-bond donors (Lipinski definition) is 2. The molecule has 0 bridgehead atoms. The van der Waals surface area contributed by atoms with Gasteiger partial charge in [0.25, 0.3) is 0 Å². The number of thiazole rings is 1. The first-order valence-corrected chi connectivity index (χ1v) is 10.6. The predicted molar refractivity (Wildman–Crippen MR) is 113 cm³/mol. The van der Waals surface area contributed by atoms with Crippen molar-refractivity contribution >= 4 is 50.0 Å². The molecule has 1 aromatic carbocycles. The summed E-state index contributed by atoms with van der Waals surface area (Å²) in [6.07, 6.45) is 1.62. The summed E-state index contributed by atoms with van der Waals surface area (Å²) in [4.78, 5) is 31.6. The SMILES string of the molecule is CCNC(=O)Nc1nc2c(F)c(-c3csc(C(=O)[O-])c3)cc(-c3ccccn3)c2s1.[Li+]. The molecule has 4 rings (SSSR count). The van der Waals surface area contributed by atoms with Gasteiger partial charge in [-0.1, -0.05) is 17.4 Å². The molecular formula is C20H14FLiN4O3S2. The zero-order chi connectivity index (χ0) is 21.3. The molecule has 3 aromatic heterocycles. The molecule has 0 spiro atoms. The van der Waals surface area contributed by atoms with Crippen LogP contribution in [0.15, 0.2) is 41.9 Å². The molecule has 152 valence electrons. The number of benzene rings is 1. The molecule has 0 aliphatic heterocycles. The monoisotopic (exact) mass is 448 g/mol. The van der Waals surface area contributed by atoms with Crippen LogP contribution >= 0.6 is 22.7 Å². The molecule has 2 amide bonds. The Labute approximate surface area is 196 Å². The summed E-state index contributed by atoms with van der Waals surface area (Å²) in [5.74, 6) is -1.92. The average Bonchev–Trinajstić information content (AvgIpc) is 3.37. The molecule has 0 fully saturated rings. The van der Waals surface area contributed by atoms with Gasteiger partial charge in [-0.3, -0.25) is 10.3 Å². The molecule has 4 aromatic rings. The number of carboxylic acids is 1. The Balaban J connectivity index is 0.00000272. The number of rotatable bonds is 5. The summed E-state index contributed by atoms with van der Waals surface area (Å²) in [5.41, 5.74) is 1.91. The molecule has 0 aliphatic rings. The fourth-order valence-corrected chi connectivity index (χ4v) is 4.63. The normalized spacial score (nSPS) is 10.5. The Kier molecular flexibility index (Phi) is 7.07. The zero-order valence-electron chi connectivity index (χ0n) is 16.6. The Bertz CT molecular complexity index is 1260. The van der Waals surface area contributed by atoms with Gasteiger partial charge in [0.1, 0.15) is 5.52 Å². The van der Waals surface area contributed by atoms with Crippen molar-refractivity contribution < 1.29 is 37.9 Å². The van der Waals surface area contributed by atoms with E-state index in [1.54, 1.807) is 36.7 Å². The van der Waals surface area contributed by atoms with E-state index in [4.69, 9.17) is 0 Å². The van der Waals surface area contributed by atoms with Gasteiger partial charge in [0, 0.05) is 23.9 Å². The van der Waals surface area contributed by atoms with Crippen LogP contribution < -0.4 is 34.6 Å². The first-order chi connectivity index (χ1) is 14.5. The standard InChI is InChI=1S/C20H15FN4O3S2.Li/c1-2-22-19(28)25-20-24-16-15(21)11(10-7-14(18(26)27)29-9-10)8-12(17(16)30-20)13-5-3-4-6-23-13;/h3-9H,2H2,1H3,(H,26,27)(H2,22,24,25,28);/q;+1/p-1. The smallest absolute Gasteiger partial charge is 0.544 e. The van der Waals surface area contributed by atoms with E-state index >= 15 is 4.39 Å². The van der Waals surface area contributed by atoms with Crippen LogP contribution in [-0.4, -0.2) is 28.5 Å². The maximum absolute atomic E-state index is 15.4. The molecule has 7 nitrogen and oxygen atoms in total. The summed E-state index contributed by atoms with van der Waals surface area (Å²) >= 11 is 2.10. The van der Waals surface area contributed by atoms with Gasteiger partial charge in [0.2, 0.25) is 0 Å². The van der Waals surface area contributed by atoms with E-state index < -0.39 is 17.8 Å². The van der Waals surface area contributed by atoms with E-state index in [9.17, 15) is 14.7 Å². The number of urea groups is 1. The van der Waals surface area contributed by atoms with Crippen LogP contribution in [0.2, 0.25) is 0 Å². The minimum absolute atomic E-state index is 0. The number of carbonyl (C=O) groups is 2. The average molecular weight is 448 g/mol. The van der Waals surface area contributed by atoms with Gasteiger partial charge in [-0.25, -0.2) is 14.2 Å². The Morgan fingerprint density at radius 1 is 1.23 bits per heavy atom. The largest absolute Gasteiger partial charge is 1.00 e. The Morgan fingerprint density at radius 3 is 2.68 bits per heavy atom. The van der Waals surface area contributed by atoms with Gasteiger partial charge >= 0.3 is 24.9 Å². The predicted octanol–water partition coefficient (Wildman–Crippen LogP) is 0.735. The van der Waals surface area contributed by atoms with Gasteiger partial charge in [-0.05, 0) is 42.1 Å². The second-order valence-corrected chi connectivity index (χ2v) is 8.08. The van der Waals surface area contributed by atoms with Gasteiger partial charge < -0.3 is 15.2 Å². The van der Waals surface area contributed by atoms with E-state index in [1.807, 2.05) is 6.07 Å². The van der Waals surface area contributed by atoms with E-state index in [-0.39, 0.29) is 39.9 Å². The Hall–Kier alpha value is -2.77. The molecule has 0 unspecified atom stereocenters. The van der Waals surface area contributed by atoms with Crippen molar-refractivity contribution in [1.29, 1.82) is 0 Å². The summed E-state index contributed by atoms with van der Waals surface area (Å²) in [7, 11) is 0. The summed E-state index contributed by atoms with van der Waals surface area (Å²) < 4.78 is 15.9. The number of amides is 2. The van der Waals surface area contributed by atoms with Gasteiger partial charge in [-0.2, -0.15) is 0 Å². The summed E-state index contributed by atoms with van der Waals surface area (Å²) in [6, 6.07) is 7.92. The number of carboxylic acid groups (broad SMARTS) is 1. The van der Waals surface area contributed by atoms with Crippen LogP contribution in [0.1, 0.15) is 16.6 Å². The van der Waals surface area contributed by atoms with E-state index in [0.717, 1.165) is 22.7 Å². The maximum atomic E-state index is 15.4. The van der Waals surface area contributed by atoms with Crippen LogP contribution in [0.4, 0.5) is 14.3 Å². The second kappa shape index (κ2) is 9.57. The first-order valence-electron chi connectivity index (χ1n) is 8.87. The number of nitrogens with zero attached hydrogens (tertiary/aromatic N) is 2. The number of fused-ring (bicyclic) bond motifs is 1. The molecule has 0 saturated heterocycles. The summed E-state index contributed by atoms with van der Waals surface area (Å²) in [5, 5.41) is 18.1. The third-order valence-corrected chi connectivity index (χ3v) is 6.13. The van der Waals surface area contributed by atoms with Crippen LogP contribution in [-0.2, 0) is 0 Å². The quantitative estimate of drug-likeness (QED) is 0.438. The van der Waals surface area contributed by atoms with Crippen LogP contribution in [0.5, 0.6) is 0 Å². The molecule has 11 heteroatoms. The van der Waals surface area contributed by atoms with E-state index in [0.29, 0.717) is 28.1 Å². The minimum atomic E-state index is -1.32. The van der Waals surface area contributed by atoms with Gasteiger partial charge in [-0.15, -0.1) is 11.3 Å². The topological polar surface area (TPSA) is 107 Å². The third kappa shape index (κ3) is 4.62. The molecule has 0 saturated carbocycles. The summed E-state index contributed by atoms with van der Waals surface area (Å²) in [6.45, 7) is 2.22. The zero-order valence-corrected chi connectivity index (χ0v) is 18.2. The Morgan fingerprint density at radius 2 is 2.03 bits per heavy atom.